The number of anilines is 1. The third-order valence-electron chi connectivity index (χ3n) is 2.35. The van der Waals surface area contributed by atoms with Gasteiger partial charge < -0.3 is 5.32 Å². The van der Waals surface area contributed by atoms with Crippen LogP contribution >= 0.6 is 0 Å². The summed E-state index contributed by atoms with van der Waals surface area (Å²) in [5.41, 5.74) is -0.317. The van der Waals surface area contributed by atoms with Crippen LogP contribution < -0.4 is 5.32 Å². The van der Waals surface area contributed by atoms with Gasteiger partial charge in [0.15, 0.2) is 5.82 Å². The van der Waals surface area contributed by atoms with E-state index in [-0.39, 0.29) is 11.4 Å². The maximum atomic E-state index is 13.4. The van der Waals surface area contributed by atoms with Gasteiger partial charge in [0, 0.05) is 13.2 Å². The fourth-order valence-corrected chi connectivity index (χ4v) is 1.51. The number of aryl methyl sites for hydroxylation is 1. The Morgan fingerprint density at radius 3 is 2.89 bits per heavy atom. The Kier molecular flexibility index (Phi) is 3.25. The van der Waals surface area contributed by atoms with E-state index in [9.17, 15) is 13.6 Å². The normalized spacial score (nSPS) is 10.0. The summed E-state index contributed by atoms with van der Waals surface area (Å²) in [5, 5.41) is 14.9. The van der Waals surface area contributed by atoms with E-state index in [0.717, 1.165) is 18.2 Å². The van der Waals surface area contributed by atoms with E-state index in [0.29, 0.717) is 0 Å². The summed E-state index contributed by atoms with van der Waals surface area (Å²) in [6.45, 7) is 0. The number of carbonyl (C=O) groups excluding carboxylic acids is 1. The molecular formula is C12H8F2N4O. The molecular weight excluding hydrogens is 254 g/mol. The van der Waals surface area contributed by atoms with Gasteiger partial charge in [-0.05, 0) is 18.2 Å². The summed E-state index contributed by atoms with van der Waals surface area (Å²) in [6.07, 6.45) is 1.40. The van der Waals surface area contributed by atoms with Crippen LogP contribution in [0.2, 0.25) is 0 Å². The van der Waals surface area contributed by atoms with Crippen molar-refractivity contribution in [2.45, 2.75) is 0 Å². The molecule has 7 heteroatoms. The van der Waals surface area contributed by atoms with Gasteiger partial charge in [0.25, 0.3) is 5.91 Å². The van der Waals surface area contributed by atoms with Gasteiger partial charge in [-0.25, -0.2) is 8.78 Å². The number of amides is 1. The van der Waals surface area contributed by atoms with Crippen molar-refractivity contribution in [2.75, 3.05) is 5.32 Å². The molecule has 0 aliphatic carbocycles. The van der Waals surface area contributed by atoms with Crippen molar-refractivity contribution >= 4 is 11.7 Å². The summed E-state index contributed by atoms with van der Waals surface area (Å²) in [5.74, 6) is -2.45. The van der Waals surface area contributed by atoms with Gasteiger partial charge in [-0.2, -0.15) is 10.4 Å². The quantitative estimate of drug-likeness (QED) is 0.897. The Morgan fingerprint density at radius 2 is 2.21 bits per heavy atom. The summed E-state index contributed by atoms with van der Waals surface area (Å²) >= 11 is 0. The second-order valence-electron chi connectivity index (χ2n) is 3.76. The highest BCUT2D eigenvalue weighted by Crippen LogP contribution is 2.15. The average Bonchev–Trinajstić information content (AvgIpc) is 2.72. The number of rotatable bonds is 2. The maximum absolute atomic E-state index is 13.4. The molecule has 2 aromatic rings. The first kappa shape index (κ1) is 12.7. The summed E-state index contributed by atoms with van der Waals surface area (Å²) in [4.78, 5) is 11.8. The number of nitrogens with zero attached hydrogens (tertiary/aromatic N) is 3. The number of benzene rings is 1. The standard InChI is InChI=1S/C12H8F2N4O/c1-18-6-7(5-15)11(17-18)16-12(19)9-4-8(13)2-3-10(9)14/h2-4,6H,1H3,(H,16,17,19). The average molecular weight is 262 g/mol. The first-order chi connectivity index (χ1) is 9.01. The molecule has 0 saturated carbocycles. The topological polar surface area (TPSA) is 70.7 Å². The number of nitrogens with one attached hydrogen (secondary N) is 1. The number of hydrogen-bond acceptors (Lipinski definition) is 3. The minimum Gasteiger partial charge on any atom is -0.304 e. The Bertz CT molecular complexity index is 688. The highest BCUT2D eigenvalue weighted by Gasteiger charge is 2.16. The molecule has 0 bridgehead atoms. The van der Waals surface area contributed by atoms with Gasteiger partial charge >= 0.3 is 0 Å². The fourth-order valence-electron chi connectivity index (χ4n) is 1.51. The zero-order valence-electron chi connectivity index (χ0n) is 9.82. The molecule has 0 radical (unpaired) electrons. The van der Waals surface area contributed by atoms with Crippen LogP contribution in [0.1, 0.15) is 15.9 Å². The molecule has 1 amide bonds. The lowest BCUT2D eigenvalue weighted by Crippen LogP contribution is -2.15. The molecule has 0 aliphatic rings. The lowest BCUT2D eigenvalue weighted by molar-refractivity contribution is 0.102. The van der Waals surface area contributed by atoms with Crippen LogP contribution in [0.4, 0.5) is 14.6 Å². The van der Waals surface area contributed by atoms with E-state index < -0.39 is 23.1 Å². The van der Waals surface area contributed by atoms with Crippen LogP contribution in [0.5, 0.6) is 0 Å². The van der Waals surface area contributed by atoms with Gasteiger partial charge in [0.05, 0.1) is 5.56 Å². The summed E-state index contributed by atoms with van der Waals surface area (Å²) in [6, 6.07) is 4.38. The van der Waals surface area contributed by atoms with Crippen LogP contribution in [0.25, 0.3) is 0 Å². The molecule has 0 atom stereocenters. The molecule has 19 heavy (non-hydrogen) atoms. The molecule has 96 valence electrons. The minimum atomic E-state index is -0.868. The van der Waals surface area contributed by atoms with Crippen molar-refractivity contribution in [1.29, 1.82) is 5.26 Å². The zero-order valence-corrected chi connectivity index (χ0v) is 9.82. The second-order valence-corrected chi connectivity index (χ2v) is 3.76. The largest absolute Gasteiger partial charge is 0.304 e. The van der Waals surface area contributed by atoms with Crippen molar-refractivity contribution in [1.82, 2.24) is 9.78 Å². The second kappa shape index (κ2) is 4.86. The van der Waals surface area contributed by atoms with E-state index in [4.69, 9.17) is 5.26 Å². The van der Waals surface area contributed by atoms with Gasteiger partial charge in [0.2, 0.25) is 0 Å². The number of halogens is 2. The Balaban J connectivity index is 2.31. The van der Waals surface area contributed by atoms with Gasteiger partial charge in [0.1, 0.15) is 23.3 Å². The molecule has 1 aromatic heterocycles. The molecule has 0 spiro atoms. The zero-order chi connectivity index (χ0) is 14.0. The predicted molar refractivity (Wildman–Crippen MR) is 62.2 cm³/mol. The first-order valence-corrected chi connectivity index (χ1v) is 5.21. The molecule has 1 aromatic carbocycles. The van der Waals surface area contributed by atoms with E-state index in [1.807, 2.05) is 6.07 Å². The molecule has 1 N–H and O–H groups in total. The number of carbonyl (C=O) groups is 1. The minimum absolute atomic E-state index is 0.00124. The fraction of sp³-hybridized carbons (Fsp3) is 0.0833. The molecule has 0 saturated heterocycles. The monoisotopic (exact) mass is 262 g/mol. The van der Waals surface area contributed by atoms with E-state index in [1.54, 1.807) is 7.05 Å². The molecule has 5 nitrogen and oxygen atoms in total. The predicted octanol–water partition coefficient (Wildman–Crippen LogP) is 1.82. The third-order valence-corrected chi connectivity index (χ3v) is 2.35. The van der Waals surface area contributed by atoms with Crippen LogP contribution in [0.3, 0.4) is 0 Å². The lowest BCUT2D eigenvalue weighted by Gasteiger charge is -2.03. The van der Waals surface area contributed by atoms with E-state index in [2.05, 4.69) is 10.4 Å². The van der Waals surface area contributed by atoms with Gasteiger partial charge in [-0.1, -0.05) is 0 Å². The van der Waals surface area contributed by atoms with Crippen LogP contribution in [-0.4, -0.2) is 15.7 Å². The van der Waals surface area contributed by atoms with Gasteiger partial charge in [-0.15, -0.1) is 0 Å². The third kappa shape index (κ3) is 2.57. The Morgan fingerprint density at radius 1 is 1.47 bits per heavy atom. The van der Waals surface area contributed by atoms with E-state index in [1.165, 1.54) is 10.9 Å². The van der Waals surface area contributed by atoms with Crippen molar-refractivity contribution < 1.29 is 13.6 Å². The Hall–Kier alpha value is -2.75. The lowest BCUT2D eigenvalue weighted by atomic mass is 10.2. The van der Waals surface area contributed by atoms with Crippen molar-refractivity contribution in [2.24, 2.45) is 7.05 Å². The van der Waals surface area contributed by atoms with Crippen molar-refractivity contribution in [3.05, 3.63) is 47.2 Å². The smallest absolute Gasteiger partial charge is 0.259 e. The van der Waals surface area contributed by atoms with E-state index >= 15 is 0 Å². The van der Waals surface area contributed by atoms with Crippen LogP contribution in [0, 0.1) is 23.0 Å². The van der Waals surface area contributed by atoms with Crippen LogP contribution in [0.15, 0.2) is 24.4 Å². The first-order valence-electron chi connectivity index (χ1n) is 5.21. The molecule has 0 unspecified atom stereocenters. The number of nitriles is 1. The highest BCUT2D eigenvalue weighted by molar-refractivity contribution is 6.04. The SMILES string of the molecule is Cn1cc(C#N)c(NC(=O)c2cc(F)ccc2F)n1. The molecule has 0 aliphatic heterocycles. The molecule has 1 heterocycles. The molecule has 0 fully saturated rings. The van der Waals surface area contributed by atoms with Crippen molar-refractivity contribution in [3.63, 3.8) is 0 Å². The van der Waals surface area contributed by atoms with Gasteiger partial charge in [-0.3, -0.25) is 9.48 Å². The number of aromatic nitrogens is 2. The Labute approximate surface area is 107 Å². The summed E-state index contributed by atoms with van der Waals surface area (Å²) < 4.78 is 27.7. The summed E-state index contributed by atoms with van der Waals surface area (Å²) in [7, 11) is 1.57. The van der Waals surface area contributed by atoms with Crippen molar-refractivity contribution in [3.8, 4) is 6.07 Å². The number of hydrogen-bond donors (Lipinski definition) is 1. The maximum Gasteiger partial charge on any atom is 0.259 e. The highest BCUT2D eigenvalue weighted by atomic mass is 19.1. The van der Waals surface area contributed by atoms with Crippen LogP contribution in [-0.2, 0) is 7.05 Å². The molecule has 2 rings (SSSR count).